The molecule has 1 saturated heterocycles. The van der Waals surface area contributed by atoms with Gasteiger partial charge in [0.25, 0.3) is 5.91 Å². The quantitative estimate of drug-likeness (QED) is 0.778. The molecule has 1 atom stereocenters. The Bertz CT molecular complexity index is 894. The minimum absolute atomic E-state index is 0.0531. The number of piperidine rings is 1. The second-order valence-corrected chi connectivity index (χ2v) is 6.48. The number of carbonyl (C=O) groups excluding carboxylic acids is 1. The molecule has 0 spiro atoms. The van der Waals surface area contributed by atoms with E-state index >= 15 is 0 Å². The van der Waals surface area contributed by atoms with Crippen LogP contribution in [0.1, 0.15) is 23.2 Å². The highest BCUT2D eigenvalue weighted by Gasteiger charge is 2.24. The summed E-state index contributed by atoms with van der Waals surface area (Å²) in [4.78, 5) is 23.4. The smallest absolute Gasteiger partial charge is 0.257 e. The lowest BCUT2D eigenvalue weighted by atomic mass is 10.1. The molecule has 0 saturated carbocycles. The summed E-state index contributed by atoms with van der Waals surface area (Å²) in [5.41, 5.74) is 1.05. The number of aromatic nitrogens is 4. The number of amides is 1. The number of rotatable bonds is 3. The van der Waals surface area contributed by atoms with Crippen molar-refractivity contribution < 1.29 is 4.79 Å². The number of anilines is 1. The first-order valence-corrected chi connectivity index (χ1v) is 8.54. The van der Waals surface area contributed by atoms with Gasteiger partial charge in [-0.15, -0.1) is 0 Å². The van der Waals surface area contributed by atoms with Crippen LogP contribution in [0, 0.1) is 0 Å². The number of hydrogen-bond acceptors (Lipinski definition) is 5. The maximum Gasteiger partial charge on any atom is 0.257 e. The Labute approximate surface area is 149 Å². The van der Waals surface area contributed by atoms with E-state index in [0.717, 1.165) is 25.2 Å². The van der Waals surface area contributed by atoms with Crippen LogP contribution >= 0.6 is 11.6 Å². The topological polar surface area (TPSA) is 75.4 Å². The van der Waals surface area contributed by atoms with Crippen molar-refractivity contribution in [1.29, 1.82) is 0 Å². The molecule has 3 aromatic heterocycles. The zero-order chi connectivity index (χ0) is 17.2. The van der Waals surface area contributed by atoms with Crippen LogP contribution in [-0.4, -0.2) is 44.6 Å². The van der Waals surface area contributed by atoms with Crippen LogP contribution < -0.4 is 10.2 Å². The summed E-state index contributed by atoms with van der Waals surface area (Å²) in [7, 11) is 0. The lowest BCUT2D eigenvalue weighted by Gasteiger charge is -2.33. The number of carbonyl (C=O) groups is 1. The second kappa shape index (κ2) is 6.68. The highest BCUT2D eigenvalue weighted by Crippen LogP contribution is 2.20. The van der Waals surface area contributed by atoms with Crippen LogP contribution in [0.3, 0.4) is 0 Å². The van der Waals surface area contributed by atoms with Gasteiger partial charge >= 0.3 is 0 Å². The van der Waals surface area contributed by atoms with Crippen molar-refractivity contribution in [3.8, 4) is 0 Å². The number of fused-ring (bicyclic) bond motifs is 1. The molecule has 1 aliphatic rings. The third kappa shape index (κ3) is 3.28. The molecule has 1 fully saturated rings. The Morgan fingerprint density at radius 3 is 3.04 bits per heavy atom. The minimum Gasteiger partial charge on any atom is -0.355 e. The fourth-order valence-electron chi connectivity index (χ4n) is 3.11. The monoisotopic (exact) mass is 356 g/mol. The van der Waals surface area contributed by atoms with E-state index in [9.17, 15) is 4.79 Å². The lowest BCUT2D eigenvalue weighted by Crippen LogP contribution is -2.48. The predicted molar refractivity (Wildman–Crippen MR) is 94.9 cm³/mol. The van der Waals surface area contributed by atoms with E-state index in [2.05, 4.69) is 25.3 Å². The standard InChI is InChI=1S/C17H17ClN6O/c18-12-4-5-15(20-9-12)23-7-1-3-13(11-23)22-17(25)14-10-21-24-8-2-6-19-16(14)24/h2,4-6,8-10,13H,1,3,7,11H2,(H,22,25). The van der Waals surface area contributed by atoms with E-state index in [1.807, 2.05) is 12.1 Å². The van der Waals surface area contributed by atoms with Gasteiger partial charge in [-0.2, -0.15) is 5.10 Å². The first-order chi connectivity index (χ1) is 12.2. The van der Waals surface area contributed by atoms with E-state index < -0.39 is 0 Å². The largest absolute Gasteiger partial charge is 0.355 e. The van der Waals surface area contributed by atoms with E-state index in [-0.39, 0.29) is 11.9 Å². The Morgan fingerprint density at radius 2 is 2.20 bits per heavy atom. The fourth-order valence-corrected chi connectivity index (χ4v) is 3.22. The predicted octanol–water partition coefficient (Wildman–Crippen LogP) is 2.18. The fraction of sp³-hybridized carbons (Fsp3) is 0.294. The average molecular weight is 357 g/mol. The van der Waals surface area contributed by atoms with Gasteiger partial charge in [0.05, 0.1) is 11.2 Å². The molecule has 1 aliphatic heterocycles. The van der Waals surface area contributed by atoms with E-state index in [4.69, 9.17) is 11.6 Å². The summed E-state index contributed by atoms with van der Waals surface area (Å²) in [6.45, 7) is 1.63. The zero-order valence-electron chi connectivity index (χ0n) is 13.5. The Kier molecular flexibility index (Phi) is 4.23. The number of halogens is 1. The SMILES string of the molecule is O=C(NC1CCCN(c2ccc(Cl)cn2)C1)c1cnn2cccnc12. The second-order valence-electron chi connectivity index (χ2n) is 6.04. The van der Waals surface area contributed by atoms with Crippen LogP contribution in [0.2, 0.25) is 5.02 Å². The number of pyridine rings is 1. The molecule has 4 heterocycles. The molecule has 7 nitrogen and oxygen atoms in total. The Balaban J connectivity index is 1.47. The maximum absolute atomic E-state index is 12.6. The van der Waals surface area contributed by atoms with Gasteiger partial charge in [0.15, 0.2) is 5.65 Å². The highest BCUT2D eigenvalue weighted by atomic mass is 35.5. The van der Waals surface area contributed by atoms with Crippen LogP contribution in [0.15, 0.2) is 43.0 Å². The lowest BCUT2D eigenvalue weighted by molar-refractivity contribution is 0.0934. The summed E-state index contributed by atoms with van der Waals surface area (Å²) in [6, 6.07) is 5.57. The van der Waals surface area contributed by atoms with Crippen LogP contribution in [-0.2, 0) is 0 Å². The van der Waals surface area contributed by atoms with Crippen molar-refractivity contribution in [2.45, 2.75) is 18.9 Å². The van der Waals surface area contributed by atoms with Crippen molar-refractivity contribution in [3.63, 3.8) is 0 Å². The van der Waals surface area contributed by atoms with Crippen molar-refractivity contribution in [2.24, 2.45) is 0 Å². The molecule has 0 radical (unpaired) electrons. The first-order valence-electron chi connectivity index (χ1n) is 8.16. The zero-order valence-corrected chi connectivity index (χ0v) is 14.2. The third-order valence-corrected chi connectivity index (χ3v) is 4.54. The molecule has 0 bridgehead atoms. The normalized spacial score (nSPS) is 17.6. The first kappa shape index (κ1) is 15.8. The van der Waals surface area contributed by atoms with E-state index in [1.54, 1.807) is 35.4 Å². The van der Waals surface area contributed by atoms with Crippen LogP contribution in [0.25, 0.3) is 5.65 Å². The van der Waals surface area contributed by atoms with Gasteiger partial charge in [-0.3, -0.25) is 4.79 Å². The van der Waals surface area contributed by atoms with E-state index in [0.29, 0.717) is 22.8 Å². The van der Waals surface area contributed by atoms with Gasteiger partial charge in [-0.05, 0) is 31.0 Å². The number of hydrogen-bond donors (Lipinski definition) is 1. The van der Waals surface area contributed by atoms with Gasteiger partial charge in [-0.1, -0.05) is 11.6 Å². The molecule has 4 rings (SSSR count). The molecule has 1 N–H and O–H groups in total. The summed E-state index contributed by atoms with van der Waals surface area (Å²) in [5, 5.41) is 7.88. The molecule has 1 unspecified atom stereocenters. The van der Waals surface area contributed by atoms with Gasteiger partial charge in [0.1, 0.15) is 11.4 Å². The molecule has 3 aromatic rings. The van der Waals surface area contributed by atoms with Gasteiger partial charge < -0.3 is 10.2 Å². The van der Waals surface area contributed by atoms with Crippen molar-refractivity contribution in [1.82, 2.24) is 24.9 Å². The molecular formula is C17H17ClN6O. The molecule has 1 amide bonds. The molecule has 25 heavy (non-hydrogen) atoms. The Hall–Kier alpha value is -2.67. The number of nitrogens with one attached hydrogen (secondary N) is 1. The third-order valence-electron chi connectivity index (χ3n) is 4.32. The Morgan fingerprint density at radius 1 is 1.28 bits per heavy atom. The molecule has 0 aliphatic carbocycles. The summed E-state index contributed by atoms with van der Waals surface area (Å²) in [6.07, 6.45) is 8.55. The summed E-state index contributed by atoms with van der Waals surface area (Å²) >= 11 is 5.90. The molecule has 128 valence electrons. The van der Waals surface area contributed by atoms with Crippen molar-refractivity contribution in [3.05, 3.63) is 53.6 Å². The molecular weight excluding hydrogens is 340 g/mol. The minimum atomic E-state index is -0.149. The number of nitrogens with zero attached hydrogens (tertiary/aromatic N) is 5. The average Bonchev–Trinajstić information content (AvgIpc) is 3.07. The van der Waals surface area contributed by atoms with Crippen molar-refractivity contribution >= 4 is 29.0 Å². The van der Waals surface area contributed by atoms with Crippen LogP contribution in [0.4, 0.5) is 5.82 Å². The van der Waals surface area contributed by atoms with Gasteiger partial charge in [0.2, 0.25) is 0 Å². The van der Waals surface area contributed by atoms with Crippen molar-refractivity contribution in [2.75, 3.05) is 18.0 Å². The van der Waals surface area contributed by atoms with Crippen LogP contribution in [0.5, 0.6) is 0 Å². The molecule has 0 aromatic carbocycles. The van der Waals surface area contributed by atoms with Gasteiger partial charge in [0, 0.05) is 37.7 Å². The molecule has 8 heteroatoms. The van der Waals surface area contributed by atoms with Gasteiger partial charge in [-0.25, -0.2) is 14.5 Å². The highest BCUT2D eigenvalue weighted by molar-refractivity contribution is 6.30. The summed E-state index contributed by atoms with van der Waals surface area (Å²) in [5.74, 6) is 0.727. The van der Waals surface area contributed by atoms with E-state index in [1.165, 1.54) is 0 Å². The summed E-state index contributed by atoms with van der Waals surface area (Å²) < 4.78 is 1.60. The maximum atomic E-state index is 12.6.